The van der Waals surface area contributed by atoms with Gasteiger partial charge in [-0.2, -0.15) is 5.10 Å². The van der Waals surface area contributed by atoms with Crippen molar-refractivity contribution in [3.05, 3.63) is 30.5 Å². The van der Waals surface area contributed by atoms with E-state index in [0.717, 1.165) is 60.8 Å². The van der Waals surface area contributed by atoms with Crippen LogP contribution in [0.15, 0.2) is 30.5 Å². The van der Waals surface area contributed by atoms with Gasteiger partial charge in [0.25, 0.3) is 0 Å². The Balaban J connectivity index is 1.64. The van der Waals surface area contributed by atoms with Crippen LogP contribution in [0.3, 0.4) is 0 Å². The predicted octanol–water partition coefficient (Wildman–Crippen LogP) is 2.59. The molecule has 0 spiro atoms. The maximum atomic E-state index is 5.91. The molecule has 3 N–H and O–H groups in total. The number of nitrogens with one attached hydrogen (secondary N) is 1. The summed E-state index contributed by atoms with van der Waals surface area (Å²) in [4.78, 5) is 11.6. The zero-order chi connectivity index (χ0) is 18.1. The second kappa shape index (κ2) is 6.57. The molecule has 3 heterocycles. The Morgan fingerprint density at radius 2 is 2.04 bits per heavy atom. The van der Waals surface area contributed by atoms with Crippen LogP contribution in [-0.4, -0.2) is 46.9 Å². The van der Waals surface area contributed by atoms with Crippen LogP contribution < -0.4 is 15.4 Å². The third-order valence-electron chi connectivity index (χ3n) is 5.42. The Morgan fingerprint density at radius 1 is 1.27 bits per heavy atom. The van der Waals surface area contributed by atoms with Crippen LogP contribution in [-0.2, 0) is 0 Å². The molecule has 1 aromatic carbocycles. The van der Waals surface area contributed by atoms with Gasteiger partial charge >= 0.3 is 0 Å². The van der Waals surface area contributed by atoms with Gasteiger partial charge in [-0.1, -0.05) is 19.1 Å². The van der Waals surface area contributed by atoms with Crippen LogP contribution in [0.5, 0.6) is 5.75 Å². The highest BCUT2D eigenvalue weighted by atomic mass is 16.5. The van der Waals surface area contributed by atoms with Gasteiger partial charge in [0.1, 0.15) is 17.1 Å². The maximum absolute atomic E-state index is 5.91. The molecule has 26 heavy (non-hydrogen) atoms. The van der Waals surface area contributed by atoms with E-state index >= 15 is 0 Å². The molecule has 7 heteroatoms. The van der Waals surface area contributed by atoms with E-state index in [1.54, 1.807) is 7.11 Å². The molecule has 0 bridgehead atoms. The van der Waals surface area contributed by atoms with Gasteiger partial charge in [0, 0.05) is 18.7 Å². The van der Waals surface area contributed by atoms with Crippen LogP contribution in [0.2, 0.25) is 0 Å². The monoisotopic (exact) mass is 352 g/mol. The van der Waals surface area contributed by atoms with E-state index in [0.29, 0.717) is 5.65 Å². The molecule has 136 valence electrons. The van der Waals surface area contributed by atoms with Crippen molar-refractivity contribution in [2.45, 2.75) is 19.8 Å². The second-order valence-electron chi connectivity index (χ2n) is 7.20. The van der Waals surface area contributed by atoms with Crippen molar-refractivity contribution in [2.75, 3.05) is 31.6 Å². The predicted molar refractivity (Wildman–Crippen MR) is 102 cm³/mol. The van der Waals surface area contributed by atoms with Gasteiger partial charge in [0.05, 0.1) is 19.0 Å². The fourth-order valence-electron chi connectivity index (χ4n) is 3.46. The van der Waals surface area contributed by atoms with Gasteiger partial charge in [0.15, 0.2) is 0 Å². The highest BCUT2D eigenvalue weighted by Gasteiger charge is 2.29. The standard InChI is InChI=1S/C19H24N6O/c1-19(12-20)7-9-25(10-8-19)15-11-21-17-16(23-24-18(17)22-15)13-5-3-4-6-14(13)26-2/h3-6,11H,7-10,12,20H2,1-2H3,(H,22,23,24). The Kier molecular flexibility index (Phi) is 4.24. The number of anilines is 1. The molecule has 0 unspecified atom stereocenters. The number of hydrogen-bond donors (Lipinski definition) is 2. The number of fused-ring (bicyclic) bond motifs is 1. The van der Waals surface area contributed by atoms with Gasteiger partial charge in [-0.25, -0.2) is 9.97 Å². The minimum absolute atomic E-state index is 0.234. The quantitative estimate of drug-likeness (QED) is 0.750. The Morgan fingerprint density at radius 3 is 2.77 bits per heavy atom. The average Bonchev–Trinajstić information content (AvgIpc) is 3.11. The third-order valence-corrected chi connectivity index (χ3v) is 5.42. The number of nitrogens with two attached hydrogens (primary N) is 1. The van der Waals surface area contributed by atoms with E-state index in [-0.39, 0.29) is 5.41 Å². The fraction of sp³-hybridized carbons (Fsp3) is 0.421. The van der Waals surface area contributed by atoms with Crippen molar-refractivity contribution >= 4 is 17.0 Å². The lowest BCUT2D eigenvalue weighted by Crippen LogP contribution is -2.42. The summed E-state index contributed by atoms with van der Waals surface area (Å²) < 4.78 is 5.45. The number of piperidine rings is 1. The third kappa shape index (κ3) is 2.88. The summed E-state index contributed by atoms with van der Waals surface area (Å²) >= 11 is 0. The lowest BCUT2D eigenvalue weighted by Gasteiger charge is -2.39. The Hall–Kier alpha value is -2.67. The van der Waals surface area contributed by atoms with E-state index in [9.17, 15) is 0 Å². The molecule has 0 aliphatic carbocycles. The number of hydrogen-bond acceptors (Lipinski definition) is 6. The van der Waals surface area contributed by atoms with E-state index in [1.165, 1.54) is 0 Å². The number of para-hydroxylation sites is 1. The number of methoxy groups -OCH3 is 1. The second-order valence-corrected chi connectivity index (χ2v) is 7.20. The van der Waals surface area contributed by atoms with Gasteiger partial charge in [-0.3, -0.25) is 5.10 Å². The smallest absolute Gasteiger partial charge is 0.202 e. The molecule has 3 aromatic rings. The summed E-state index contributed by atoms with van der Waals surface area (Å²) in [5.41, 5.74) is 9.27. The normalized spacial score (nSPS) is 16.8. The van der Waals surface area contributed by atoms with Crippen molar-refractivity contribution in [3.63, 3.8) is 0 Å². The van der Waals surface area contributed by atoms with Crippen molar-refractivity contribution in [3.8, 4) is 17.0 Å². The molecule has 2 aromatic heterocycles. The summed E-state index contributed by atoms with van der Waals surface area (Å²) in [6.45, 7) is 4.87. The first kappa shape index (κ1) is 16.8. The minimum Gasteiger partial charge on any atom is -0.496 e. The molecular weight excluding hydrogens is 328 g/mol. The fourth-order valence-corrected chi connectivity index (χ4v) is 3.46. The molecule has 1 aliphatic rings. The SMILES string of the molecule is COc1ccccc1-c1[nH]nc2nc(N3CCC(C)(CN)CC3)cnc12. The topological polar surface area (TPSA) is 93.0 Å². The Labute approximate surface area is 152 Å². The first-order valence-corrected chi connectivity index (χ1v) is 8.93. The molecule has 4 rings (SSSR count). The van der Waals surface area contributed by atoms with Crippen LogP contribution >= 0.6 is 0 Å². The summed E-state index contributed by atoms with van der Waals surface area (Å²) in [5, 5.41) is 7.44. The molecule has 0 atom stereocenters. The van der Waals surface area contributed by atoms with Crippen molar-refractivity contribution in [1.29, 1.82) is 0 Å². The highest BCUT2D eigenvalue weighted by Crippen LogP contribution is 2.34. The van der Waals surface area contributed by atoms with Crippen LogP contribution in [0.25, 0.3) is 22.4 Å². The van der Waals surface area contributed by atoms with Crippen LogP contribution in [0.1, 0.15) is 19.8 Å². The lowest BCUT2D eigenvalue weighted by molar-refractivity contribution is 0.258. The van der Waals surface area contributed by atoms with E-state index < -0.39 is 0 Å². The van der Waals surface area contributed by atoms with Crippen molar-refractivity contribution < 1.29 is 4.74 Å². The average molecular weight is 352 g/mol. The molecule has 1 saturated heterocycles. The van der Waals surface area contributed by atoms with Gasteiger partial charge < -0.3 is 15.4 Å². The minimum atomic E-state index is 0.234. The number of aromatic nitrogens is 4. The Bertz CT molecular complexity index is 913. The number of benzene rings is 1. The number of nitrogens with zero attached hydrogens (tertiary/aromatic N) is 4. The van der Waals surface area contributed by atoms with Gasteiger partial charge in [-0.05, 0) is 36.9 Å². The zero-order valence-corrected chi connectivity index (χ0v) is 15.2. The first-order valence-electron chi connectivity index (χ1n) is 8.93. The summed E-state index contributed by atoms with van der Waals surface area (Å²) in [7, 11) is 1.66. The van der Waals surface area contributed by atoms with Crippen molar-refractivity contribution in [2.24, 2.45) is 11.1 Å². The molecule has 0 radical (unpaired) electrons. The number of rotatable bonds is 4. The van der Waals surface area contributed by atoms with E-state index in [4.69, 9.17) is 15.5 Å². The summed E-state index contributed by atoms with van der Waals surface area (Å²) in [5.74, 6) is 1.65. The molecule has 7 nitrogen and oxygen atoms in total. The molecule has 0 saturated carbocycles. The zero-order valence-electron chi connectivity index (χ0n) is 15.2. The highest BCUT2D eigenvalue weighted by molar-refractivity contribution is 5.89. The molecule has 1 fully saturated rings. The molecule has 0 amide bonds. The summed E-state index contributed by atoms with van der Waals surface area (Å²) in [6.07, 6.45) is 3.97. The van der Waals surface area contributed by atoms with Crippen LogP contribution in [0, 0.1) is 5.41 Å². The maximum Gasteiger partial charge on any atom is 0.202 e. The number of ether oxygens (including phenoxy) is 1. The first-order chi connectivity index (χ1) is 12.6. The van der Waals surface area contributed by atoms with Crippen LogP contribution in [0.4, 0.5) is 5.82 Å². The van der Waals surface area contributed by atoms with Gasteiger partial charge in [-0.15, -0.1) is 0 Å². The number of aromatic amines is 1. The molecular formula is C19H24N6O. The van der Waals surface area contributed by atoms with Crippen molar-refractivity contribution in [1.82, 2.24) is 20.2 Å². The molecule has 1 aliphatic heterocycles. The van der Waals surface area contributed by atoms with Gasteiger partial charge in [0.2, 0.25) is 5.65 Å². The van der Waals surface area contributed by atoms with E-state index in [1.807, 2.05) is 30.5 Å². The summed E-state index contributed by atoms with van der Waals surface area (Å²) in [6, 6.07) is 7.82. The lowest BCUT2D eigenvalue weighted by atomic mass is 9.80. The largest absolute Gasteiger partial charge is 0.496 e. The number of H-pyrrole nitrogens is 1. The van der Waals surface area contributed by atoms with E-state index in [2.05, 4.69) is 27.0 Å².